The fourth-order valence-electron chi connectivity index (χ4n) is 3.65. The highest BCUT2D eigenvalue weighted by Crippen LogP contribution is 2.36. The molecule has 1 saturated carbocycles. The van der Waals surface area contributed by atoms with E-state index in [0.717, 1.165) is 11.6 Å². The highest BCUT2D eigenvalue weighted by Gasteiger charge is 2.37. The van der Waals surface area contributed by atoms with Crippen LogP contribution in [0.4, 0.5) is 10.1 Å². The maximum absolute atomic E-state index is 14.0. The molecule has 2 heterocycles. The van der Waals surface area contributed by atoms with Gasteiger partial charge in [-0.3, -0.25) is 9.69 Å². The van der Waals surface area contributed by atoms with Crippen molar-refractivity contribution in [2.24, 2.45) is 0 Å². The minimum atomic E-state index is -0.358. The molecule has 0 bridgehead atoms. The van der Waals surface area contributed by atoms with Gasteiger partial charge in [0.25, 0.3) is 0 Å². The van der Waals surface area contributed by atoms with E-state index in [9.17, 15) is 9.18 Å². The zero-order valence-corrected chi connectivity index (χ0v) is 14.5. The van der Waals surface area contributed by atoms with Gasteiger partial charge in [-0.05, 0) is 45.4 Å². The van der Waals surface area contributed by atoms with Gasteiger partial charge in [0.15, 0.2) is 0 Å². The van der Waals surface area contributed by atoms with Crippen molar-refractivity contribution in [1.29, 1.82) is 0 Å². The first-order valence-electron chi connectivity index (χ1n) is 8.73. The van der Waals surface area contributed by atoms with Crippen molar-refractivity contribution in [2.75, 3.05) is 18.5 Å². The highest BCUT2D eigenvalue weighted by atomic mass is 19.1. The number of benzene rings is 1. The van der Waals surface area contributed by atoms with Gasteiger partial charge in [-0.1, -0.05) is 12.1 Å². The van der Waals surface area contributed by atoms with Gasteiger partial charge >= 0.3 is 0 Å². The number of rotatable bonds is 5. The molecule has 2 aromatic rings. The van der Waals surface area contributed by atoms with E-state index in [1.165, 1.54) is 18.9 Å². The molecular formula is C18H22FN5O. The Balaban J connectivity index is 1.49. The average molecular weight is 343 g/mol. The lowest BCUT2D eigenvalue weighted by Gasteiger charge is -2.24. The summed E-state index contributed by atoms with van der Waals surface area (Å²) in [5.41, 5.74) is 0.361. The van der Waals surface area contributed by atoms with E-state index >= 15 is 0 Å². The third-order valence-corrected chi connectivity index (χ3v) is 5.09. The fraction of sp³-hybridized carbons (Fsp3) is 0.500. The number of carbonyl (C=O) groups is 1. The van der Waals surface area contributed by atoms with Crippen LogP contribution in [0, 0.1) is 12.7 Å². The van der Waals surface area contributed by atoms with Crippen LogP contribution in [-0.2, 0) is 11.3 Å². The lowest BCUT2D eigenvalue weighted by Crippen LogP contribution is -2.40. The molecule has 0 radical (unpaired) electrons. The summed E-state index contributed by atoms with van der Waals surface area (Å²) in [6, 6.07) is 6.68. The Morgan fingerprint density at radius 3 is 2.72 bits per heavy atom. The monoisotopic (exact) mass is 343 g/mol. The van der Waals surface area contributed by atoms with Crippen LogP contribution < -0.4 is 4.90 Å². The van der Waals surface area contributed by atoms with Gasteiger partial charge < -0.3 is 9.47 Å². The summed E-state index contributed by atoms with van der Waals surface area (Å²) >= 11 is 0. The van der Waals surface area contributed by atoms with Crippen LogP contribution in [-0.4, -0.2) is 45.2 Å². The largest absolute Gasteiger partial charge is 0.311 e. The molecule has 25 heavy (non-hydrogen) atoms. The zero-order valence-electron chi connectivity index (χ0n) is 14.5. The standard InChI is InChI=1S/C18H22FN5O/c1-12-20-21-17(24(12)13-7-8-13)11-22(2)16-9-10-23(18(16)25)15-6-4-3-5-14(15)19/h3-6,13,16H,7-11H2,1-2H3. The van der Waals surface area contributed by atoms with E-state index < -0.39 is 0 Å². The molecule has 6 nitrogen and oxygen atoms in total. The predicted octanol–water partition coefficient (Wildman–Crippen LogP) is 2.30. The maximum atomic E-state index is 14.0. The maximum Gasteiger partial charge on any atom is 0.244 e. The van der Waals surface area contributed by atoms with Crippen LogP contribution in [0.25, 0.3) is 0 Å². The lowest BCUT2D eigenvalue weighted by molar-refractivity contribution is -0.121. The molecule has 132 valence electrons. The van der Waals surface area contributed by atoms with Crippen molar-refractivity contribution in [1.82, 2.24) is 19.7 Å². The Kier molecular flexibility index (Phi) is 4.03. The quantitative estimate of drug-likeness (QED) is 0.836. The van der Waals surface area contributed by atoms with Crippen molar-refractivity contribution in [2.45, 2.75) is 44.8 Å². The number of anilines is 1. The van der Waals surface area contributed by atoms with Gasteiger partial charge in [0.2, 0.25) is 5.91 Å². The zero-order chi connectivity index (χ0) is 17.6. The van der Waals surface area contributed by atoms with Crippen molar-refractivity contribution < 1.29 is 9.18 Å². The normalized spacial score (nSPS) is 20.7. The van der Waals surface area contributed by atoms with Gasteiger partial charge in [-0.2, -0.15) is 0 Å². The molecule has 0 spiro atoms. The number of halogens is 1. The Labute approximate surface area is 146 Å². The Morgan fingerprint density at radius 2 is 2.00 bits per heavy atom. The molecule has 2 aliphatic rings. The fourth-order valence-corrected chi connectivity index (χ4v) is 3.65. The Bertz CT molecular complexity index is 801. The van der Waals surface area contributed by atoms with E-state index in [4.69, 9.17) is 0 Å². The second kappa shape index (κ2) is 6.22. The van der Waals surface area contributed by atoms with Crippen molar-refractivity contribution in [3.63, 3.8) is 0 Å². The summed E-state index contributed by atoms with van der Waals surface area (Å²) in [6.07, 6.45) is 3.01. The molecule has 1 saturated heterocycles. The van der Waals surface area contributed by atoms with Crippen molar-refractivity contribution >= 4 is 11.6 Å². The summed E-state index contributed by atoms with van der Waals surface area (Å²) < 4.78 is 16.2. The first kappa shape index (κ1) is 16.2. The number of carbonyl (C=O) groups excluding carboxylic acids is 1. The minimum absolute atomic E-state index is 0.0539. The number of nitrogens with zero attached hydrogens (tertiary/aromatic N) is 5. The number of hydrogen-bond donors (Lipinski definition) is 0. The third kappa shape index (κ3) is 2.93. The summed E-state index contributed by atoms with van der Waals surface area (Å²) in [7, 11) is 1.93. The Morgan fingerprint density at radius 1 is 1.24 bits per heavy atom. The summed E-state index contributed by atoms with van der Waals surface area (Å²) in [4.78, 5) is 16.4. The number of aromatic nitrogens is 3. The van der Waals surface area contributed by atoms with Gasteiger partial charge in [0, 0.05) is 12.6 Å². The minimum Gasteiger partial charge on any atom is -0.311 e. The summed E-state index contributed by atoms with van der Waals surface area (Å²) in [5.74, 6) is 1.42. The molecule has 7 heteroatoms. The van der Waals surface area contributed by atoms with E-state index in [2.05, 4.69) is 14.8 Å². The van der Waals surface area contributed by atoms with Crippen LogP contribution in [0.15, 0.2) is 24.3 Å². The number of amides is 1. The van der Waals surface area contributed by atoms with E-state index in [1.807, 2.05) is 18.9 Å². The second-order valence-electron chi connectivity index (χ2n) is 6.93. The number of likely N-dealkylation sites (N-methyl/N-ethyl adjacent to an activating group) is 1. The Hall–Kier alpha value is -2.28. The smallest absolute Gasteiger partial charge is 0.244 e. The van der Waals surface area contributed by atoms with E-state index in [0.29, 0.717) is 31.2 Å². The third-order valence-electron chi connectivity index (χ3n) is 5.09. The highest BCUT2D eigenvalue weighted by molar-refractivity contribution is 5.99. The molecule has 1 aliphatic carbocycles. The molecule has 2 fully saturated rings. The SMILES string of the molecule is Cc1nnc(CN(C)C2CCN(c3ccccc3F)C2=O)n1C1CC1. The molecule has 1 aromatic heterocycles. The summed E-state index contributed by atoms with van der Waals surface area (Å²) in [5, 5.41) is 8.48. The van der Waals surface area contributed by atoms with Gasteiger partial charge in [0.05, 0.1) is 18.3 Å². The van der Waals surface area contributed by atoms with Crippen LogP contribution in [0.2, 0.25) is 0 Å². The number of hydrogen-bond acceptors (Lipinski definition) is 4. The molecule has 1 atom stereocenters. The first-order chi connectivity index (χ1) is 12.1. The van der Waals surface area contributed by atoms with Gasteiger partial charge in [0.1, 0.15) is 17.5 Å². The molecule has 4 rings (SSSR count). The predicted molar refractivity (Wildman–Crippen MR) is 91.7 cm³/mol. The van der Waals surface area contributed by atoms with Crippen LogP contribution in [0.3, 0.4) is 0 Å². The van der Waals surface area contributed by atoms with E-state index in [-0.39, 0.29) is 17.8 Å². The first-order valence-corrected chi connectivity index (χ1v) is 8.73. The van der Waals surface area contributed by atoms with Crippen LogP contribution in [0.5, 0.6) is 0 Å². The summed E-state index contributed by atoms with van der Waals surface area (Å²) in [6.45, 7) is 3.07. The molecule has 1 unspecified atom stereocenters. The second-order valence-corrected chi connectivity index (χ2v) is 6.93. The van der Waals surface area contributed by atoms with Crippen molar-refractivity contribution in [3.8, 4) is 0 Å². The molecule has 0 N–H and O–H groups in total. The van der Waals surface area contributed by atoms with Gasteiger partial charge in [-0.25, -0.2) is 4.39 Å². The topological polar surface area (TPSA) is 54.3 Å². The molecule has 1 aromatic carbocycles. The van der Waals surface area contributed by atoms with E-state index in [1.54, 1.807) is 23.1 Å². The molecule has 1 amide bonds. The van der Waals surface area contributed by atoms with Crippen LogP contribution >= 0.6 is 0 Å². The lowest BCUT2D eigenvalue weighted by atomic mass is 10.2. The van der Waals surface area contributed by atoms with Crippen LogP contribution in [0.1, 0.15) is 37.0 Å². The molecular weight excluding hydrogens is 321 g/mol. The number of para-hydroxylation sites is 1. The molecule has 1 aliphatic heterocycles. The number of aryl methyl sites for hydroxylation is 1. The average Bonchev–Trinajstić information content (AvgIpc) is 3.26. The van der Waals surface area contributed by atoms with Crippen molar-refractivity contribution in [3.05, 3.63) is 41.7 Å². The van der Waals surface area contributed by atoms with Gasteiger partial charge in [-0.15, -0.1) is 10.2 Å².